The molecule has 0 heterocycles. The molecule has 0 spiro atoms. The third-order valence-corrected chi connectivity index (χ3v) is 0.764. The summed E-state index contributed by atoms with van der Waals surface area (Å²) < 4.78 is 11.2. The molecule has 0 saturated heterocycles. The number of carbonyl (C=O) groups excluding carboxylic acids is 1. The molecule has 0 saturated carbocycles. The zero-order chi connectivity index (χ0) is 5.15. The Balaban J connectivity index is 3.26. The Bertz CT molecular complexity index is 64.6. The van der Waals surface area contributed by atoms with E-state index in [1.54, 1.807) is 0 Å². The van der Waals surface area contributed by atoms with Gasteiger partial charge in [0.05, 0.1) is 0 Å². The third-order valence-electron chi connectivity index (χ3n) is 0.187. The van der Waals surface area contributed by atoms with Crippen molar-refractivity contribution in [2.45, 2.75) is 5.63 Å². The number of alkyl halides is 2. The SMILES string of the molecule is O=C(S)C(F)Cl. The van der Waals surface area contributed by atoms with E-state index in [0.29, 0.717) is 0 Å². The molecule has 1 nitrogen and oxygen atoms in total. The van der Waals surface area contributed by atoms with Crippen molar-refractivity contribution in [2.24, 2.45) is 0 Å². The molecule has 0 fully saturated rings. The molecule has 0 aliphatic carbocycles. The summed E-state index contributed by atoms with van der Waals surface area (Å²) in [7, 11) is 0. The molecule has 0 aliphatic rings. The van der Waals surface area contributed by atoms with E-state index in [1.807, 2.05) is 0 Å². The summed E-state index contributed by atoms with van der Waals surface area (Å²) in [6.07, 6.45) is 0. The fourth-order valence-corrected chi connectivity index (χ4v) is 0. The summed E-state index contributed by atoms with van der Waals surface area (Å²) in [4.78, 5) is 9.50. The second kappa shape index (κ2) is 2.42. The van der Waals surface area contributed by atoms with Crippen LogP contribution in [0.5, 0.6) is 0 Å². The summed E-state index contributed by atoms with van der Waals surface area (Å²) in [5.41, 5.74) is -1.95. The standard InChI is InChI=1S/C2H2ClFOS/c3-1(4)2(5)6/h1H,(H,5,6). The number of carbonyl (C=O) groups is 1. The maximum atomic E-state index is 11.2. The first-order valence-electron chi connectivity index (χ1n) is 1.15. The van der Waals surface area contributed by atoms with E-state index in [0.717, 1.165) is 0 Å². The normalized spacial score (nSPS) is 13.8. The van der Waals surface area contributed by atoms with Crippen molar-refractivity contribution in [3.63, 3.8) is 0 Å². The van der Waals surface area contributed by atoms with Gasteiger partial charge in [0.25, 0.3) is 0 Å². The minimum Gasteiger partial charge on any atom is -0.283 e. The van der Waals surface area contributed by atoms with Gasteiger partial charge in [-0.3, -0.25) is 4.79 Å². The highest BCUT2D eigenvalue weighted by Crippen LogP contribution is 1.99. The van der Waals surface area contributed by atoms with Gasteiger partial charge in [0.1, 0.15) is 0 Å². The van der Waals surface area contributed by atoms with E-state index >= 15 is 0 Å². The van der Waals surface area contributed by atoms with E-state index in [9.17, 15) is 9.18 Å². The molecule has 1 atom stereocenters. The van der Waals surface area contributed by atoms with Crippen molar-refractivity contribution in [3.05, 3.63) is 0 Å². The largest absolute Gasteiger partial charge is 0.283 e. The Hall–Kier alpha value is 0.240. The van der Waals surface area contributed by atoms with Gasteiger partial charge in [-0.15, -0.1) is 12.6 Å². The molecule has 0 aliphatic heterocycles. The molecule has 0 radical (unpaired) electrons. The van der Waals surface area contributed by atoms with Crippen LogP contribution >= 0.6 is 24.2 Å². The summed E-state index contributed by atoms with van der Waals surface area (Å²) >= 11 is 7.57. The van der Waals surface area contributed by atoms with Crippen molar-refractivity contribution >= 4 is 29.3 Å². The van der Waals surface area contributed by atoms with Crippen molar-refractivity contribution in [1.29, 1.82) is 0 Å². The summed E-state index contributed by atoms with van der Waals surface area (Å²) in [6.45, 7) is 0. The fourth-order valence-electron chi connectivity index (χ4n) is 0. The fraction of sp³-hybridized carbons (Fsp3) is 0.500. The van der Waals surface area contributed by atoms with Crippen molar-refractivity contribution in [2.75, 3.05) is 0 Å². The number of hydrogen-bond donors (Lipinski definition) is 1. The van der Waals surface area contributed by atoms with Gasteiger partial charge in [0, 0.05) is 0 Å². The van der Waals surface area contributed by atoms with Gasteiger partial charge >= 0.3 is 0 Å². The predicted octanol–water partition coefficient (Wildman–Crippen LogP) is 0.977. The lowest BCUT2D eigenvalue weighted by Gasteiger charge is -1.82. The zero-order valence-corrected chi connectivity index (χ0v) is 4.34. The monoisotopic (exact) mass is 128 g/mol. The van der Waals surface area contributed by atoms with Gasteiger partial charge < -0.3 is 0 Å². The average Bonchev–Trinajstić information content (AvgIpc) is 1.36. The number of halogens is 2. The van der Waals surface area contributed by atoms with Crippen LogP contribution in [0.3, 0.4) is 0 Å². The first-order valence-corrected chi connectivity index (χ1v) is 2.04. The van der Waals surface area contributed by atoms with Crippen molar-refractivity contribution < 1.29 is 9.18 Å². The number of hydrogen-bond acceptors (Lipinski definition) is 1. The van der Waals surface area contributed by atoms with Gasteiger partial charge in [-0.2, -0.15) is 0 Å². The van der Waals surface area contributed by atoms with Gasteiger partial charge in [-0.05, 0) is 0 Å². The van der Waals surface area contributed by atoms with Gasteiger partial charge in [-0.1, -0.05) is 11.6 Å². The van der Waals surface area contributed by atoms with Gasteiger partial charge in [0.15, 0.2) is 0 Å². The Labute approximate surface area is 44.9 Å². The average molecular weight is 129 g/mol. The lowest BCUT2D eigenvalue weighted by atomic mass is 10.9. The minimum absolute atomic E-state index is 0.948. The summed E-state index contributed by atoms with van der Waals surface area (Å²) in [5, 5.41) is -0.948. The Morgan fingerprint density at radius 1 is 2.00 bits per heavy atom. The molecule has 6 heavy (non-hydrogen) atoms. The molecular weight excluding hydrogens is 127 g/mol. The maximum Gasteiger partial charge on any atom is 0.241 e. The Kier molecular flexibility index (Phi) is 2.52. The Morgan fingerprint density at radius 2 is 2.17 bits per heavy atom. The van der Waals surface area contributed by atoms with Crippen LogP contribution in [-0.2, 0) is 4.79 Å². The van der Waals surface area contributed by atoms with E-state index < -0.39 is 10.7 Å². The molecule has 0 amide bonds. The van der Waals surface area contributed by atoms with Crippen LogP contribution in [0.2, 0.25) is 0 Å². The molecular formula is C2H2ClFOS. The van der Waals surface area contributed by atoms with E-state index in [2.05, 4.69) is 24.2 Å². The summed E-state index contributed by atoms with van der Waals surface area (Å²) in [5.74, 6) is 0. The zero-order valence-electron chi connectivity index (χ0n) is 2.69. The Morgan fingerprint density at radius 3 is 2.17 bits per heavy atom. The molecule has 1 unspecified atom stereocenters. The topological polar surface area (TPSA) is 17.1 Å². The molecule has 0 N–H and O–H groups in total. The molecule has 36 valence electrons. The molecule has 0 aromatic rings. The van der Waals surface area contributed by atoms with Gasteiger partial charge in [0.2, 0.25) is 10.7 Å². The highest BCUT2D eigenvalue weighted by atomic mass is 35.5. The summed E-state index contributed by atoms with van der Waals surface area (Å²) in [6, 6.07) is 0. The number of thiol groups is 1. The lowest BCUT2D eigenvalue weighted by molar-refractivity contribution is -0.112. The molecule has 4 heteroatoms. The van der Waals surface area contributed by atoms with Crippen LogP contribution in [0, 0.1) is 0 Å². The molecule has 0 aromatic heterocycles. The first-order chi connectivity index (χ1) is 2.64. The molecule has 0 rings (SSSR count). The second-order valence-corrected chi connectivity index (χ2v) is 1.46. The van der Waals surface area contributed by atoms with E-state index in [-0.39, 0.29) is 0 Å². The predicted molar refractivity (Wildman–Crippen MR) is 24.7 cm³/mol. The van der Waals surface area contributed by atoms with Crippen LogP contribution < -0.4 is 0 Å². The van der Waals surface area contributed by atoms with Crippen LogP contribution in [0.4, 0.5) is 4.39 Å². The minimum atomic E-state index is -1.95. The lowest BCUT2D eigenvalue weighted by Crippen LogP contribution is -1.97. The second-order valence-electron chi connectivity index (χ2n) is 0.639. The van der Waals surface area contributed by atoms with E-state index in [1.165, 1.54) is 0 Å². The maximum absolute atomic E-state index is 11.2. The highest BCUT2D eigenvalue weighted by molar-refractivity contribution is 7.96. The molecule has 0 aromatic carbocycles. The van der Waals surface area contributed by atoms with Crippen LogP contribution in [0.1, 0.15) is 0 Å². The first kappa shape index (κ1) is 6.24. The van der Waals surface area contributed by atoms with Crippen LogP contribution in [-0.4, -0.2) is 10.7 Å². The van der Waals surface area contributed by atoms with E-state index in [4.69, 9.17) is 0 Å². The third kappa shape index (κ3) is 2.48. The smallest absolute Gasteiger partial charge is 0.241 e. The quantitative estimate of drug-likeness (QED) is 0.412. The van der Waals surface area contributed by atoms with Crippen molar-refractivity contribution in [1.82, 2.24) is 0 Å². The van der Waals surface area contributed by atoms with Crippen molar-refractivity contribution in [3.8, 4) is 0 Å². The number of rotatable bonds is 1. The highest BCUT2D eigenvalue weighted by Gasteiger charge is 2.04. The molecule has 0 bridgehead atoms. The van der Waals surface area contributed by atoms with Gasteiger partial charge in [-0.25, -0.2) is 4.39 Å². The van der Waals surface area contributed by atoms with Crippen LogP contribution in [0.25, 0.3) is 0 Å². The van der Waals surface area contributed by atoms with Crippen LogP contribution in [0.15, 0.2) is 0 Å².